The Bertz CT molecular complexity index is 729. The van der Waals surface area contributed by atoms with Gasteiger partial charge >= 0.3 is 0 Å². The van der Waals surface area contributed by atoms with Crippen molar-refractivity contribution in [2.75, 3.05) is 24.7 Å². The van der Waals surface area contributed by atoms with Crippen LogP contribution in [-0.4, -0.2) is 54.8 Å². The van der Waals surface area contributed by atoms with Crippen LogP contribution >= 0.6 is 0 Å². The topological polar surface area (TPSA) is 107 Å². The van der Waals surface area contributed by atoms with Crippen molar-refractivity contribution in [3.8, 4) is 5.75 Å². The highest BCUT2D eigenvalue weighted by Crippen LogP contribution is 2.21. The second kappa shape index (κ2) is 7.81. The average Bonchev–Trinajstić information content (AvgIpc) is 2.90. The van der Waals surface area contributed by atoms with E-state index in [0.717, 1.165) is 0 Å². The first-order valence-corrected chi connectivity index (χ1v) is 9.87. The summed E-state index contributed by atoms with van der Waals surface area (Å²) in [5.74, 6) is 0.356. The SMILES string of the molecule is CC(C)CN(C(=O)COc1ccc([N+](=O)[O-])cc1)[C@@H]1CCS(=O)(=O)C1. The number of sulfone groups is 1. The van der Waals surface area contributed by atoms with Crippen LogP contribution in [0.5, 0.6) is 5.75 Å². The Hall–Kier alpha value is -2.16. The predicted octanol–water partition coefficient (Wildman–Crippen LogP) is 1.65. The fourth-order valence-corrected chi connectivity index (χ4v) is 4.49. The molecule has 0 radical (unpaired) electrons. The van der Waals surface area contributed by atoms with E-state index in [4.69, 9.17) is 4.74 Å². The molecule has 9 heteroatoms. The minimum Gasteiger partial charge on any atom is -0.484 e. The number of carbonyl (C=O) groups is 1. The quantitative estimate of drug-likeness (QED) is 0.533. The van der Waals surface area contributed by atoms with Gasteiger partial charge < -0.3 is 9.64 Å². The maximum Gasteiger partial charge on any atom is 0.269 e. The van der Waals surface area contributed by atoms with Crippen molar-refractivity contribution in [1.82, 2.24) is 4.90 Å². The third-order valence-electron chi connectivity index (χ3n) is 3.94. The lowest BCUT2D eigenvalue weighted by molar-refractivity contribution is -0.384. The van der Waals surface area contributed by atoms with Gasteiger partial charge in [0.05, 0.1) is 16.4 Å². The van der Waals surface area contributed by atoms with Gasteiger partial charge in [0.15, 0.2) is 16.4 Å². The van der Waals surface area contributed by atoms with Gasteiger partial charge in [-0.1, -0.05) is 13.8 Å². The number of ether oxygens (including phenoxy) is 1. The maximum atomic E-state index is 12.5. The van der Waals surface area contributed by atoms with E-state index in [1.807, 2.05) is 13.8 Å². The van der Waals surface area contributed by atoms with E-state index < -0.39 is 14.8 Å². The summed E-state index contributed by atoms with van der Waals surface area (Å²) in [6.07, 6.45) is 0.443. The highest BCUT2D eigenvalue weighted by atomic mass is 32.2. The lowest BCUT2D eigenvalue weighted by Crippen LogP contribution is -2.45. The molecule has 1 amide bonds. The summed E-state index contributed by atoms with van der Waals surface area (Å²) >= 11 is 0. The Morgan fingerprint density at radius 2 is 2.00 bits per heavy atom. The summed E-state index contributed by atoms with van der Waals surface area (Å²) in [6, 6.07) is 5.14. The molecular weight excluding hydrogens is 348 g/mol. The number of benzene rings is 1. The van der Waals surface area contributed by atoms with Gasteiger partial charge in [0.2, 0.25) is 0 Å². The average molecular weight is 370 g/mol. The molecule has 0 saturated carbocycles. The molecule has 1 heterocycles. The lowest BCUT2D eigenvalue weighted by atomic mass is 10.1. The van der Waals surface area contributed by atoms with Gasteiger partial charge in [-0.15, -0.1) is 0 Å². The minimum atomic E-state index is -3.09. The van der Waals surface area contributed by atoms with Crippen molar-refractivity contribution in [1.29, 1.82) is 0 Å². The highest BCUT2D eigenvalue weighted by Gasteiger charge is 2.34. The Morgan fingerprint density at radius 3 is 2.48 bits per heavy atom. The van der Waals surface area contributed by atoms with E-state index in [0.29, 0.717) is 18.7 Å². The number of nitro benzene ring substituents is 1. The fraction of sp³-hybridized carbons (Fsp3) is 0.562. The normalized spacial score (nSPS) is 18.9. The van der Waals surface area contributed by atoms with Crippen LogP contribution in [-0.2, 0) is 14.6 Å². The summed E-state index contributed by atoms with van der Waals surface area (Å²) in [7, 11) is -3.09. The van der Waals surface area contributed by atoms with E-state index in [1.54, 1.807) is 4.90 Å². The van der Waals surface area contributed by atoms with E-state index in [-0.39, 0.29) is 41.7 Å². The third kappa shape index (κ3) is 5.42. The van der Waals surface area contributed by atoms with Crippen molar-refractivity contribution >= 4 is 21.4 Å². The number of nitrogens with zero attached hydrogens (tertiary/aromatic N) is 2. The van der Waals surface area contributed by atoms with Gasteiger partial charge in [0.1, 0.15) is 5.75 Å². The smallest absolute Gasteiger partial charge is 0.269 e. The summed E-state index contributed by atoms with van der Waals surface area (Å²) < 4.78 is 28.8. The number of hydrogen-bond acceptors (Lipinski definition) is 6. The highest BCUT2D eigenvalue weighted by molar-refractivity contribution is 7.91. The summed E-state index contributed by atoms with van der Waals surface area (Å²) in [5, 5.41) is 10.6. The minimum absolute atomic E-state index is 0.0109. The first-order valence-electron chi connectivity index (χ1n) is 8.05. The largest absolute Gasteiger partial charge is 0.484 e. The van der Waals surface area contributed by atoms with E-state index in [1.165, 1.54) is 24.3 Å². The second-order valence-electron chi connectivity index (χ2n) is 6.54. The molecule has 25 heavy (non-hydrogen) atoms. The van der Waals surface area contributed by atoms with Crippen molar-refractivity contribution in [3.63, 3.8) is 0 Å². The molecule has 1 aliphatic rings. The number of rotatable bonds is 7. The molecule has 8 nitrogen and oxygen atoms in total. The molecule has 1 atom stereocenters. The zero-order valence-electron chi connectivity index (χ0n) is 14.3. The van der Waals surface area contributed by atoms with Crippen molar-refractivity contribution < 1.29 is 22.9 Å². The number of non-ortho nitro benzene ring substituents is 1. The number of carbonyl (C=O) groups excluding carboxylic acids is 1. The molecule has 0 aliphatic carbocycles. The molecule has 1 fully saturated rings. The summed E-state index contributed by atoms with van der Waals surface area (Å²) in [4.78, 5) is 24.2. The van der Waals surface area contributed by atoms with Gasteiger partial charge in [-0.25, -0.2) is 8.42 Å². The predicted molar refractivity (Wildman–Crippen MR) is 92.2 cm³/mol. The number of nitro groups is 1. The molecule has 0 aromatic heterocycles. The van der Waals surface area contributed by atoms with Gasteiger partial charge in [0.25, 0.3) is 11.6 Å². The molecule has 1 aromatic rings. The zero-order chi connectivity index (χ0) is 18.6. The van der Waals surface area contributed by atoms with Crippen molar-refractivity contribution in [3.05, 3.63) is 34.4 Å². The van der Waals surface area contributed by atoms with Gasteiger partial charge in [-0.3, -0.25) is 14.9 Å². The van der Waals surface area contributed by atoms with Gasteiger partial charge in [0, 0.05) is 24.7 Å². The van der Waals surface area contributed by atoms with Crippen LogP contribution in [0.1, 0.15) is 20.3 Å². The van der Waals surface area contributed by atoms with E-state index >= 15 is 0 Å². The van der Waals surface area contributed by atoms with Crippen LogP contribution in [0.4, 0.5) is 5.69 Å². The third-order valence-corrected chi connectivity index (χ3v) is 5.69. The molecule has 0 N–H and O–H groups in total. The lowest BCUT2D eigenvalue weighted by Gasteiger charge is -2.29. The van der Waals surface area contributed by atoms with Crippen LogP contribution in [0.2, 0.25) is 0 Å². The molecule has 1 saturated heterocycles. The number of hydrogen-bond donors (Lipinski definition) is 0. The summed E-state index contributed by atoms with van der Waals surface area (Å²) in [6.45, 7) is 4.14. The standard InChI is InChI=1S/C16H22N2O6S/c1-12(2)9-17(14-7-8-25(22,23)11-14)16(19)10-24-15-5-3-13(4-6-15)18(20)21/h3-6,12,14H,7-11H2,1-2H3/t14-/m1/s1. The van der Waals surface area contributed by atoms with E-state index in [9.17, 15) is 23.3 Å². The first kappa shape index (κ1) is 19.2. The molecule has 1 aliphatic heterocycles. The second-order valence-corrected chi connectivity index (χ2v) is 8.77. The van der Waals surface area contributed by atoms with Crippen LogP contribution in [0, 0.1) is 16.0 Å². The van der Waals surface area contributed by atoms with Crippen LogP contribution in [0.3, 0.4) is 0 Å². The molecule has 0 unspecified atom stereocenters. The fourth-order valence-electron chi connectivity index (χ4n) is 2.76. The molecule has 2 rings (SSSR count). The molecule has 0 spiro atoms. The van der Waals surface area contributed by atoms with Crippen molar-refractivity contribution in [2.45, 2.75) is 26.3 Å². The van der Waals surface area contributed by atoms with Crippen molar-refractivity contribution in [2.24, 2.45) is 5.92 Å². The molecule has 138 valence electrons. The van der Waals surface area contributed by atoms with Crippen LogP contribution in [0.25, 0.3) is 0 Å². The Morgan fingerprint density at radius 1 is 1.36 bits per heavy atom. The van der Waals surface area contributed by atoms with Gasteiger partial charge in [-0.2, -0.15) is 0 Å². The maximum absolute atomic E-state index is 12.5. The Balaban J connectivity index is 2.00. The van der Waals surface area contributed by atoms with Crippen LogP contribution < -0.4 is 4.74 Å². The Labute approximate surface area is 146 Å². The Kier molecular flexibility index (Phi) is 5.99. The molecule has 0 bridgehead atoms. The van der Waals surface area contributed by atoms with Crippen LogP contribution in [0.15, 0.2) is 24.3 Å². The summed E-state index contributed by atoms with van der Waals surface area (Å²) in [5.41, 5.74) is -0.0590. The first-order chi connectivity index (χ1) is 11.7. The monoisotopic (exact) mass is 370 g/mol. The molecular formula is C16H22N2O6S. The van der Waals surface area contributed by atoms with Gasteiger partial charge in [-0.05, 0) is 24.5 Å². The number of amides is 1. The zero-order valence-corrected chi connectivity index (χ0v) is 15.1. The molecule has 1 aromatic carbocycles. The van der Waals surface area contributed by atoms with E-state index in [2.05, 4.69) is 0 Å².